The van der Waals surface area contributed by atoms with Crippen LogP contribution in [0.3, 0.4) is 0 Å². The molecule has 1 aromatic carbocycles. The lowest BCUT2D eigenvalue weighted by Gasteiger charge is -2.24. The quantitative estimate of drug-likeness (QED) is 0.797. The summed E-state index contributed by atoms with van der Waals surface area (Å²) in [7, 11) is 3.46. The van der Waals surface area contributed by atoms with E-state index in [1.807, 2.05) is 6.07 Å². The van der Waals surface area contributed by atoms with E-state index in [1.165, 1.54) is 70.4 Å². The van der Waals surface area contributed by atoms with Gasteiger partial charge < -0.3 is 19.3 Å². The van der Waals surface area contributed by atoms with Crippen LogP contribution in [0.25, 0.3) is 0 Å². The molecule has 0 N–H and O–H groups in total. The maximum Gasteiger partial charge on any atom is 0.164 e. The lowest BCUT2D eigenvalue weighted by Crippen LogP contribution is -2.34. The summed E-state index contributed by atoms with van der Waals surface area (Å²) in [6.45, 7) is 7.34. The van der Waals surface area contributed by atoms with Gasteiger partial charge in [0.25, 0.3) is 0 Å². The molecule has 134 valence electrons. The van der Waals surface area contributed by atoms with E-state index in [0.29, 0.717) is 5.92 Å². The summed E-state index contributed by atoms with van der Waals surface area (Å²) >= 11 is 0. The summed E-state index contributed by atoms with van der Waals surface area (Å²) in [6.07, 6.45) is 6.80. The van der Waals surface area contributed by atoms with Crippen LogP contribution in [0.5, 0.6) is 11.5 Å². The Morgan fingerprint density at radius 2 is 1.67 bits per heavy atom. The molecular formula is C20H32N2O2. The minimum atomic E-state index is 0.555. The first-order valence-electron chi connectivity index (χ1n) is 9.47. The third-order valence-corrected chi connectivity index (χ3v) is 5.58. The number of methoxy groups -OCH3 is 2. The zero-order valence-corrected chi connectivity index (χ0v) is 15.3. The van der Waals surface area contributed by atoms with Crippen LogP contribution in [0.15, 0.2) is 18.2 Å². The zero-order valence-electron chi connectivity index (χ0n) is 15.3. The van der Waals surface area contributed by atoms with Crippen molar-refractivity contribution < 1.29 is 9.47 Å². The predicted molar refractivity (Wildman–Crippen MR) is 98.3 cm³/mol. The van der Waals surface area contributed by atoms with E-state index in [9.17, 15) is 0 Å². The Labute approximate surface area is 146 Å². The van der Waals surface area contributed by atoms with E-state index >= 15 is 0 Å². The fourth-order valence-corrected chi connectivity index (χ4v) is 4.17. The number of ether oxygens (including phenoxy) is 2. The van der Waals surface area contributed by atoms with Gasteiger partial charge in [-0.2, -0.15) is 0 Å². The van der Waals surface area contributed by atoms with E-state index in [1.54, 1.807) is 14.2 Å². The highest BCUT2D eigenvalue weighted by Gasteiger charge is 2.27. The summed E-state index contributed by atoms with van der Waals surface area (Å²) < 4.78 is 11.1. The third-order valence-electron chi connectivity index (χ3n) is 5.58. The highest BCUT2D eigenvalue weighted by Crippen LogP contribution is 2.39. The molecule has 4 nitrogen and oxygen atoms in total. The van der Waals surface area contributed by atoms with Gasteiger partial charge >= 0.3 is 0 Å². The van der Waals surface area contributed by atoms with Gasteiger partial charge in [-0.25, -0.2) is 0 Å². The van der Waals surface area contributed by atoms with E-state index in [0.717, 1.165) is 18.0 Å². The second-order valence-corrected chi connectivity index (χ2v) is 7.12. The number of para-hydroxylation sites is 1. The molecule has 0 aromatic heterocycles. The van der Waals surface area contributed by atoms with E-state index in [-0.39, 0.29) is 0 Å². The molecule has 0 bridgehead atoms. The van der Waals surface area contributed by atoms with Gasteiger partial charge in [0, 0.05) is 31.1 Å². The lowest BCUT2D eigenvalue weighted by atomic mass is 9.97. The lowest BCUT2D eigenvalue weighted by molar-refractivity contribution is 0.229. The molecule has 2 aliphatic heterocycles. The summed E-state index contributed by atoms with van der Waals surface area (Å²) in [6, 6.07) is 6.26. The summed E-state index contributed by atoms with van der Waals surface area (Å²) in [5.74, 6) is 2.32. The van der Waals surface area contributed by atoms with Crippen molar-refractivity contribution in [3.63, 3.8) is 0 Å². The normalized spacial score (nSPS) is 23.2. The average molecular weight is 332 g/mol. The smallest absolute Gasteiger partial charge is 0.164 e. The number of rotatable bonds is 6. The zero-order chi connectivity index (χ0) is 16.8. The summed E-state index contributed by atoms with van der Waals surface area (Å²) in [5.41, 5.74) is 1.30. The van der Waals surface area contributed by atoms with Gasteiger partial charge in [0.1, 0.15) is 0 Å². The molecule has 2 saturated heterocycles. The number of benzene rings is 1. The second kappa shape index (κ2) is 8.72. The van der Waals surface area contributed by atoms with Crippen LogP contribution in [0.1, 0.15) is 43.6 Å². The summed E-state index contributed by atoms with van der Waals surface area (Å²) in [4.78, 5) is 5.28. The van der Waals surface area contributed by atoms with Crippen molar-refractivity contribution in [2.45, 2.75) is 38.0 Å². The van der Waals surface area contributed by atoms with Crippen molar-refractivity contribution in [2.24, 2.45) is 0 Å². The maximum absolute atomic E-state index is 5.63. The molecule has 0 saturated carbocycles. The average Bonchev–Trinajstić information content (AvgIpc) is 2.94. The first-order valence-corrected chi connectivity index (χ1v) is 9.47. The van der Waals surface area contributed by atoms with Gasteiger partial charge in [-0.05, 0) is 45.0 Å². The van der Waals surface area contributed by atoms with Crippen molar-refractivity contribution in [3.05, 3.63) is 23.8 Å². The number of likely N-dealkylation sites (tertiary alicyclic amines) is 2. The Balaban J connectivity index is 1.55. The molecular weight excluding hydrogens is 300 g/mol. The van der Waals surface area contributed by atoms with E-state index in [4.69, 9.17) is 9.47 Å². The Kier molecular flexibility index (Phi) is 6.38. The molecule has 1 unspecified atom stereocenters. The van der Waals surface area contributed by atoms with Crippen LogP contribution in [-0.4, -0.2) is 63.3 Å². The van der Waals surface area contributed by atoms with Crippen molar-refractivity contribution in [1.82, 2.24) is 9.80 Å². The SMILES string of the molecule is COc1cccc(C2CCN(CCN3CCCCCC3)C2)c1OC. The molecule has 1 aromatic rings. The van der Waals surface area contributed by atoms with E-state index < -0.39 is 0 Å². The third kappa shape index (κ3) is 4.22. The topological polar surface area (TPSA) is 24.9 Å². The largest absolute Gasteiger partial charge is 0.493 e. The van der Waals surface area contributed by atoms with Gasteiger partial charge in [0.2, 0.25) is 0 Å². The highest BCUT2D eigenvalue weighted by molar-refractivity contribution is 5.48. The van der Waals surface area contributed by atoms with Crippen LogP contribution >= 0.6 is 0 Å². The molecule has 0 spiro atoms. The Morgan fingerprint density at radius 1 is 0.917 bits per heavy atom. The van der Waals surface area contributed by atoms with Crippen LogP contribution in [0, 0.1) is 0 Å². The molecule has 0 amide bonds. The molecule has 2 fully saturated rings. The van der Waals surface area contributed by atoms with Crippen LogP contribution < -0.4 is 9.47 Å². The monoisotopic (exact) mass is 332 g/mol. The minimum Gasteiger partial charge on any atom is -0.493 e. The second-order valence-electron chi connectivity index (χ2n) is 7.12. The van der Waals surface area contributed by atoms with Crippen LogP contribution in [0.2, 0.25) is 0 Å². The minimum absolute atomic E-state index is 0.555. The number of hydrogen-bond acceptors (Lipinski definition) is 4. The fourth-order valence-electron chi connectivity index (χ4n) is 4.17. The molecule has 0 radical (unpaired) electrons. The fraction of sp³-hybridized carbons (Fsp3) is 0.700. The maximum atomic E-state index is 5.63. The van der Waals surface area contributed by atoms with Crippen molar-refractivity contribution in [2.75, 3.05) is 53.5 Å². The Bertz CT molecular complexity index is 512. The molecule has 3 rings (SSSR count). The van der Waals surface area contributed by atoms with Crippen molar-refractivity contribution >= 4 is 0 Å². The van der Waals surface area contributed by atoms with Crippen LogP contribution in [0.4, 0.5) is 0 Å². The van der Waals surface area contributed by atoms with Crippen molar-refractivity contribution in [3.8, 4) is 11.5 Å². The molecule has 0 aliphatic carbocycles. The Hall–Kier alpha value is -1.26. The molecule has 2 aliphatic rings. The first kappa shape index (κ1) is 17.6. The van der Waals surface area contributed by atoms with Gasteiger partial charge in [0.15, 0.2) is 11.5 Å². The predicted octanol–water partition coefficient (Wildman–Crippen LogP) is 3.37. The first-order chi connectivity index (χ1) is 11.8. The van der Waals surface area contributed by atoms with E-state index in [2.05, 4.69) is 21.9 Å². The van der Waals surface area contributed by atoms with Gasteiger partial charge in [-0.3, -0.25) is 0 Å². The molecule has 24 heavy (non-hydrogen) atoms. The van der Waals surface area contributed by atoms with Crippen LogP contribution in [-0.2, 0) is 0 Å². The van der Waals surface area contributed by atoms with Gasteiger partial charge in [0.05, 0.1) is 14.2 Å². The highest BCUT2D eigenvalue weighted by atomic mass is 16.5. The summed E-state index contributed by atoms with van der Waals surface area (Å²) in [5, 5.41) is 0. The molecule has 1 atom stereocenters. The number of nitrogens with zero attached hydrogens (tertiary/aromatic N) is 2. The van der Waals surface area contributed by atoms with Crippen molar-refractivity contribution in [1.29, 1.82) is 0 Å². The number of hydrogen-bond donors (Lipinski definition) is 0. The van der Waals surface area contributed by atoms with Gasteiger partial charge in [-0.1, -0.05) is 25.0 Å². The Morgan fingerprint density at radius 3 is 2.38 bits per heavy atom. The molecule has 2 heterocycles. The standard InChI is InChI=1S/C20H32N2O2/c1-23-19-9-7-8-18(20(19)24-2)17-10-13-22(16-17)15-14-21-11-5-3-4-6-12-21/h7-9,17H,3-6,10-16H2,1-2H3. The molecule has 4 heteroatoms. The van der Waals surface area contributed by atoms with Gasteiger partial charge in [-0.15, -0.1) is 0 Å².